The molecule has 0 saturated heterocycles. The second-order valence-corrected chi connectivity index (χ2v) is 6.52. The monoisotopic (exact) mass is 202 g/mol. The van der Waals surface area contributed by atoms with Gasteiger partial charge < -0.3 is 8.53 Å². The van der Waals surface area contributed by atoms with Crippen LogP contribution in [0, 0.1) is 0 Å². The van der Waals surface area contributed by atoms with Crippen molar-refractivity contribution in [2.24, 2.45) is 0 Å². The molecule has 78 valence electrons. The molecule has 0 heterocycles. The minimum absolute atomic E-state index is 0.0168. The Labute approximate surface area is 87.3 Å². The number of hydrogen-bond acceptors (Lipinski definition) is 2. The summed E-state index contributed by atoms with van der Waals surface area (Å²) in [6.45, 7) is 9.44. The zero-order valence-electron chi connectivity index (χ0n) is 9.51. The van der Waals surface area contributed by atoms with Crippen LogP contribution < -0.4 is 0 Å². The van der Waals surface area contributed by atoms with Crippen molar-refractivity contribution in [2.75, 3.05) is 6.61 Å². The highest BCUT2D eigenvalue weighted by Crippen LogP contribution is 2.05. The van der Waals surface area contributed by atoms with Crippen molar-refractivity contribution >= 4 is 14.5 Å². The van der Waals surface area contributed by atoms with E-state index >= 15 is 0 Å². The minimum Gasteiger partial charge on any atom is -0.478 e. The van der Waals surface area contributed by atoms with E-state index in [-0.39, 0.29) is 6.29 Å². The van der Waals surface area contributed by atoms with Gasteiger partial charge in [0.15, 0.2) is 0 Å². The van der Waals surface area contributed by atoms with Crippen LogP contribution in [0.3, 0.4) is 0 Å². The summed E-state index contributed by atoms with van der Waals surface area (Å²) in [7, 11) is 0. The Morgan fingerprint density at radius 2 is 1.77 bits per heavy atom. The minimum atomic E-state index is -0.927. The molecule has 1 unspecified atom stereocenters. The lowest BCUT2D eigenvalue weighted by Gasteiger charge is -2.18. The molecule has 0 rings (SSSR count). The van der Waals surface area contributed by atoms with Gasteiger partial charge in [-0.05, 0) is 13.3 Å². The summed E-state index contributed by atoms with van der Waals surface area (Å²) in [5.74, 6) is 0. The van der Waals surface area contributed by atoms with E-state index < -0.39 is 14.5 Å². The fraction of sp³-hybridized carbons (Fsp3) is 1.00. The van der Waals surface area contributed by atoms with Crippen molar-refractivity contribution in [1.82, 2.24) is 0 Å². The van der Waals surface area contributed by atoms with E-state index in [2.05, 4.69) is 20.8 Å². The molecule has 0 N–H and O–H groups in total. The third-order valence-electron chi connectivity index (χ3n) is 2.15. The zero-order chi connectivity index (χ0) is 10.1. The molecule has 13 heavy (non-hydrogen) atoms. The van der Waals surface area contributed by atoms with Gasteiger partial charge in [-0.2, -0.15) is 0 Å². The van der Waals surface area contributed by atoms with E-state index in [0.717, 1.165) is 13.0 Å². The molecular formula is C10H23AlO2. The van der Waals surface area contributed by atoms with Crippen LogP contribution in [0.5, 0.6) is 0 Å². The summed E-state index contributed by atoms with van der Waals surface area (Å²) in [4.78, 5) is 0. The van der Waals surface area contributed by atoms with Crippen LogP contribution in [-0.4, -0.2) is 27.4 Å². The highest BCUT2D eigenvalue weighted by molar-refractivity contribution is 6.51. The Hall–Kier alpha value is 0.452. The zero-order valence-corrected chi connectivity index (χ0v) is 10.7. The van der Waals surface area contributed by atoms with Gasteiger partial charge in [-0.1, -0.05) is 37.8 Å². The summed E-state index contributed by atoms with van der Waals surface area (Å²) in [5, 5.41) is 2.41. The summed E-state index contributed by atoms with van der Waals surface area (Å²) >= 11 is -0.927. The molecule has 0 saturated carbocycles. The lowest BCUT2D eigenvalue weighted by molar-refractivity contribution is -0.0702. The maximum atomic E-state index is 5.81. The van der Waals surface area contributed by atoms with Crippen LogP contribution in [0.15, 0.2) is 0 Å². The Morgan fingerprint density at radius 3 is 2.23 bits per heavy atom. The molecule has 0 aliphatic rings. The molecule has 0 aromatic carbocycles. The summed E-state index contributed by atoms with van der Waals surface area (Å²) < 4.78 is 11.3. The molecule has 0 aromatic rings. The number of ether oxygens (including phenoxy) is 1. The third kappa shape index (κ3) is 7.52. The van der Waals surface area contributed by atoms with Gasteiger partial charge in [0.2, 0.25) is 0 Å². The highest BCUT2D eigenvalue weighted by Gasteiger charge is 2.17. The molecule has 0 aliphatic carbocycles. The summed E-state index contributed by atoms with van der Waals surface area (Å²) in [5.41, 5.74) is 0. The van der Waals surface area contributed by atoms with Gasteiger partial charge >= 0.3 is 14.5 Å². The lowest BCUT2D eigenvalue weighted by Crippen LogP contribution is -2.24. The Bertz CT molecular complexity index is 105. The Morgan fingerprint density at radius 1 is 1.15 bits per heavy atom. The smallest absolute Gasteiger partial charge is 0.462 e. The van der Waals surface area contributed by atoms with Crippen molar-refractivity contribution in [3.05, 3.63) is 0 Å². The normalized spacial score (nSPS) is 12.9. The average molecular weight is 202 g/mol. The molecule has 0 spiro atoms. The first kappa shape index (κ1) is 13.5. The molecule has 0 amide bonds. The Kier molecular flexibility index (Phi) is 9.34. The van der Waals surface area contributed by atoms with Gasteiger partial charge in [0.05, 0.1) is 0 Å². The number of unbranched alkanes of at least 4 members (excludes halogenated alkanes) is 1. The molecule has 0 bridgehead atoms. The lowest BCUT2D eigenvalue weighted by atomic mass is 10.4. The second-order valence-electron chi connectivity index (χ2n) is 3.37. The van der Waals surface area contributed by atoms with Crippen LogP contribution in [-0.2, 0) is 8.53 Å². The predicted molar refractivity (Wildman–Crippen MR) is 58.1 cm³/mol. The van der Waals surface area contributed by atoms with E-state index in [9.17, 15) is 0 Å². The molecule has 0 aliphatic heterocycles. The molecule has 3 heteroatoms. The molecule has 0 fully saturated rings. The third-order valence-corrected chi connectivity index (χ3v) is 4.73. The van der Waals surface area contributed by atoms with Gasteiger partial charge in [-0.25, -0.2) is 0 Å². The first-order chi connectivity index (χ1) is 6.24. The number of rotatable bonds is 8. The van der Waals surface area contributed by atoms with E-state index in [1.165, 1.54) is 17.0 Å². The van der Waals surface area contributed by atoms with Gasteiger partial charge in [0.25, 0.3) is 0 Å². The second kappa shape index (κ2) is 9.03. The van der Waals surface area contributed by atoms with Crippen molar-refractivity contribution in [2.45, 2.75) is 57.4 Å². The fourth-order valence-electron chi connectivity index (χ4n) is 1.19. The van der Waals surface area contributed by atoms with Crippen LogP contribution in [0.4, 0.5) is 0 Å². The van der Waals surface area contributed by atoms with Crippen molar-refractivity contribution < 1.29 is 8.53 Å². The van der Waals surface area contributed by atoms with E-state index in [1.807, 2.05) is 6.92 Å². The van der Waals surface area contributed by atoms with E-state index in [4.69, 9.17) is 8.53 Å². The largest absolute Gasteiger partial charge is 0.478 e. The number of hydrogen-bond donors (Lipinski definition) is 0. The predicted octanol–water partition coefficient (Wildman–Crippen LogP) is 3.20. The topological polar surface area (TPSA) is 18.5 Å². The van der Waals surface area contributed by atoms with Crippen LogP contribution >= 0.6 is 0 Å². The standard InChI is InChI=1S/C6H13O2.2C2H5.Al/c1-3-4-5-8-6(2)7;2*1-2;/h6H,3-5H2,1-2H3;2*1H2,2H3;/q-1;;;+1. The SMILES string of the molecule is CCCCOC(C)[O][Al]([CH2]C)[CH2]C. The average Bonchev–Trinajstić information content (AvgIpc) is 2.14. The quantitative estimate of drug-likeness (QED) is 0.342. The van der Waals surface area contributed by atoms with Crippen molar-refractivity contribution in [3.8, 4) is 0 Å². The first-order valence-corrected chi connectivity index (χ1v) is 7.62. The van der Waals surface area contributed by atoms with Gasteiger partial charge in [0, 0.05) is 6.61 Å². The van der Waals surface area contributed by atoms with Crippen LogP contribution in [0.1, 0.15) is 40.5 Å². The molecule has 2 nitrogen and oxygen atoms in total. The maximum absolute atomic E-state index is 5.81. The van der Waals surface area contributed by atoms with E-state index in [0.29, 0.717) is 0 Å². The summed E-state index contributed by atoms with van der Waals surface area (Å²) in [6, 6.07) is 0. The van der Waals surface area contributed by atoms with Crippen LogP contribution in [0.25, 0.3) is 0 Å². The fourth-order valence-corrected chi connectivity index (χ4v) is 2.77. The maximum Gasteiger partial charge on any atom is 0.462 e. The van der Waals surface area contributed by atoms with Gasteiger partial charge in [-0.15, -0.1) is 0 Å². The highest BCUT2D eigenvalue weighted by atomic mass is 27.2. The first-order valence-electron chi connectivity index (χ1n) is 5.51. The molecule has 0 aromatic heterocycles. The molecule has 1 atom stereocenters. The van der Waals surface area contributed by atoms with Gasteiger partial charge in [0.1, 0.15) is 6.29 Å². The van der Waals surface area contributed by atoms with E-state index in [1.54, 1.807) is 0 Å². The molecule has 0 radical (unpaired) electrons. The van der Waals surface area contributed by atoms with Crippen LogP contribution in [0.2, 0.25) is 10.6 Å². The summed E-state index contributed by atoms with van der Waals surface area (Å²) in [6.07, 6.45) is 2.34. The van der Waals surface area contributed by atoms with Crippen molar-refractivity contribution in [1.29, 1.82) is 0 Å². The van der Waals surface area contributed by atoms with Gasteiger partial charge in [-0.3, -0.25) is 0 Å². The van der Waals surface area contributed by atoms with Crippen molar-refractivity contribution in [3.63, 3.8) is 0 Å². The Balaban J connectivity index is 3.42. The molecular weight excluding hydrogens is 179 g/mol.